The van der Waals surface area contributed by atoms with E-state index in [2.05, 4.69) is 12.1 Å². The van der Waals surface area contributed by atoms with Crippen molar-refractivity contribution in [3.05, 3.63) is 71.8 Å². The van der Waals surface area contributed by atoms with Gasteiger partial charge in [0.25, 0.3) is 0 Å². The molecule has 2 amide bonds. The van der Waals surface area contributed by atoms with Crippen LogP contribution in [0.4, 0.5) is 0 Å². The van der Waals surface area contributed by atoms with Gasteiger partial charge in [-0.3, -0.25) is 9.59 Å². The van der Waals surface area contributed by atoms with Crippen molar-refractivity contribution >= 4 is 11.8 Å². The van der Waals surface area contributed by atoms with Crippen LogP contribution in [0.15, 0.2) is 60.7 Å². The normalized spacial score (nSPS) is 18.9. The Labute approximate surface area is 167 Å². The van der Waals surface area contributed by atoms with Crippen molar-refractivity contribution in [2.75, 3.05) is 26.2 Å². The quantitative estimate of drug-likeness (QED) is 0.804. The summed E-state index contributed by atoms with van der Waals surface area (Å²) in [5.74, 6) is 0.638. The van der Waals surface area contributed by atoms with E-state index >= 15 is 0 Å². The molecular weight excluding hydrogens is 350 g/mol. The Kier molecular flexibility index (Phi) is 6.82. The topological polar surface area (TPSA) is 66.6 Å². The Bertz CT molecular complexity index is 779. The van der Waals surface area contributed by atoms with Gasteiger partial charge >= 0.3 is 0 Å². The molecule has 5 nitrogen and oxygen atoms in total. The molecule has 0 unspecified atom stereocenters. The minimum absolute atomic E-state index is 0.0138. The van der Waals surface area contributed by atoms with Gasteiger partial charge in [0.15, 0.2) is 0 Å². The van der Waals surface area contributed by atoms with Crippen molar-refractivity contribution < 1.29 is 9.59 Å². The van der Waals surface area contributed by atoms with Gasteiger partial charge in [0.1, 0.15) is 0 Å². The van der Waals surface area contributed by atoms with Crippen LogP contribution in [0.3, 0.4) is 0 Å². The fraction of sp³-hybridized carbons (Fsp3) is 0.391. The van der Waals surface area contributed by atoms with E-state index in [1.54, 1.807) is 11.8 Å². The first kappa shape index (κ1) is 20.1. The zero-order chi connectivity index (χ0) is 19.9. The predicted molar refractivity (Wildman–Crippen MR) is 110 cm³/mol. The molecule has 0 saturated carbocycles. The molecule has 5 heteroatoms. The summed E-state index contributed by atoms with van der Waals surface area (Å²) in [4.78, 5) is 28.5. The molecular formula is C23H29N3O2. The van der Waals surface area contributed by atoms with Crippen LogP contribution in [0, 0.1) is 5.92 Å². The van der Waals surface area contributed by atoms with E-state index in [1.807, 2.05) is 53.4 Å². The standard InChI is InChI=1S/C23H29N3O2/c1-18(27)25(15-19-8-4-2-5-9-19)13-12-23(28)26-16-21(14-24)22(17-26)20-10-6-3-7-11-20/h2-11,21-22H,12-17,24H2,1H3/t21-,22+/m1/s1. The lowest BCUT2D eigenvalue weighted by atomic mass is 9.89. The van der Waals surface area contributed by atoms with Crippen LogP contribution >= 0.6 is 0 Å². The van der Waals surface area contributed by atoms with E-state index in [-0.39, 0.29) is 23.7 Å². The van der Waals surface area contributed by atoms with Crippen molar-refractivity contribution in [3.63, 3.8) is 0 Å². The third-order valence-electron chi connectivity index (χ3n) is 5.58. The first-order chi connectivity index (χ1) is 13.6. The third-order valence-corrected chi connectivity index (χ3v) is 5.58. The Morgan fingerprint density at radius 1 is 1.04 bits per heavy atom. The largest absolute Gasteiger partial charge is 0.342 e. The van der Waals surface area contributed by atoms with Crippen LogP contribution in [0.25, 0.3) is 0 Å². The molecule has 1 fully saturated rings. The summed E-state index contributed by atoms with van der Waals surface area (Å²) in [5, 5.41) is 0. The van der Waals surface area contributed by atoms with E-state index in [9.17, 15) is 9.59 Å². The molecule has 2 atom stereocenters. The highest BCUT2D eigenvalue weighted by molar-refractivity contribution is 5.78. The molecule has 0 spiro atoms. The van der Waals surface area contributed by atoms with E-state index in [1.165, 1.54) is 5.56 Å². The first-order valence-electron chi connectivity index (χ1n) is 9.90. The van der Waals surface area contributed by atoms with Gasteiger partial charge in [-0.2, -0.15) is 0 Å². The maximum atomic E-state index is 12.8. The molecule has 0 radical (unpaired) electrons. The summed E-state index contributed by atoms with van der Waals surface area (Å²) in [5.41, 5.74) is 8.29. The summed E-state index contributed by atoms with van der Waals surface area (Å²) in [6.07, 6.45) is 0.339. The number of benzene rings is 2. The van der Waals surface area contributed by atoms with Gasteiger partial charge in [0, 0.05) is 45.4 Å². The fourth-order valence-corrected chi connectivity index (χ4v) is 3.93. The van der Waals surface area contributed by atoms with Gasteiger partial charge in [-0.25, -0.2) is 0 Å². The number of amides is 2. The lowest BCUT2D eigenvalue weighted by Crippen LogP contribution is -2.35. The van der Waals surface area contributed by atoms with E-state index in [0.717, 1.165) is 5.56 Å². The number of likely N-dealkylation sites (tertiary alicyclic amines) is 1. The summed E-state index contributed by atoms with van der Waals surface area (Å²) in [6.45, 7) is 4.47. The molecule has 3 rings (SSSR count). The van der Waals surface area contributed by atoms with Crippen molar-refractivity contribution in [2.45, 2.75) is 25.8 Å². The molecule has 148 valence electrons. The Morgan fingerprint density at radius 3 is 2.29 bits per heavy atom. The molecule has 0 bridgehead atoms. The highest BCUT2D eigenvalue weighted by Gasteiger charge is 2.35. The van der Waals surface area contributed by atoms with Gasteiger partial charge in [-0.05, 0) is 23.6 Å². The molecule has 2 N–H and O–H groups in total. The lowest BCUT2D eigenvalue weighted by Gasteiger charge is -2.23. The Morgan fingerprint density at radius 2 is 1.68 bits per heavy atom. The highest BCUT2D eigenvalue weighted by Crippen LogP contribution is 2.32. The smallest absolute Gasteiger partial charge is 0.224 e. The molecule has 2 aromatic rings. The maximum Gasteiger partial charge on any atom is 0.224 e. The molecule has 1 aliphatic rings. The van der Waals surface area contributed by atoms with Crippen LogP contribution in [-0.2, 0) is 16.1 Å². The number of rotatable bonds is 7. The van der Waals surface area contributed by atoms with Crippen LogP contribution in [0.1, 0.15) is 30.4 Å². The van der Waals surface area contributed by atoms with Crippen molar-refractivity contribution in [1.82, 2.24) is 9.80 Å². The van der Waals surface area contributed by atoms with Gasteiger partial charge in [0.05, 0.1) is 0 Å². The number of carbonyl (C=O) groups is 2. The third kappa shape index (κ3) is 4.98. The van der Waals surface area contributed by atoms with E-state index < -0.39 is 0 Å². The maximum absolute atomic E-state index is 12.8. The van der Waals surface area contributed by atoms with Crippen molar-refractivity contribution in [1.29, 1.82) is 0 Å². The molecule has 0 aliphatic carbocycles. The second-order valence-corrected chi connectivity index (χ2v) is 7.49. The Hall–Kier alpha value is -2.66. The molecule has 2 aromatic carbocycles. The molecule has 1 saturated heterocycles. The lowest BCUT2D eigenvalue weighted by molar-refractivity contribution is -0.133. The number of nitrogens with two attached hydrogens (primary N) is 1. The molecule has 0 aromatic heterocycles. The summed E-state index contributed by atoms with van der Waals surface area (Å²) >= 11 is 0. The summed E-state index contributed by atoms with van der Waals surface area (Å²) in [6, 6.07) is 20.1. The second kappa shape index (κ2) is 9.51. The van der Waals surface area contributed by atoms with Crippen LogP contribution in [0.5, 0.6) is 0 Å². The van der Waals surface area contributed by atoms with Gasteiger partial charge in [0.2, 0.25) is 11.8 Å². The van der Waals surface area contributed by atoms with Crippen molar-refractivity contribution in [2.24, 2.45) is 11.7 Å². The number of carbonyl (C=O) groups excluding carboxylic acids is 2. The SMILES string of the molecule is CC(=O)N(CCC(=O)N1C[C@@H](CN)[C@H](c2ccccc2)C1)Cc1ccccc1. The van der Waals surface area contributed by atoms with Gasteiger partial charge < -0.3 is 15.5 Å². The van der Waals surface area contributed by atoms with Gasteiger partial charge in [-0.1, -0.05) is 60.7 Å². The zero-order valence-electron chi connectivity index (χ0n) is 16.5. The van der Waals surface area contributed by atoms with Crippen LogP contribution in [-0.4, -0.2) is 47.8 Å². The average Bonchev–Trinajstić information content (AvgIpc) is 3.16. The number of hydrogen-bond acceptors (Lipinski definition) is 3. The number of hydrogen-bond donors (Lipinski definition) is 1. The molecule has 1 aliphatic heterocycles. The minimum atomic E-state index is -0.0138. The average molecular weight is 380 g/mol. The highest BCUT2D eigenvalue weighted by atomic mass is 16.2. The predicted octanol–water partition coefficient (Wildman–Crippen LogP) is 2.63. The summed E-state index contributed by atoms with van der Waals surface area (Å²) < 4.78 is 0. The second-order valence-electron chi connectivity index (χ2n) is 7.49. The minimum Gasteiger partial charge on any atom is -0.342 e. The van der Waals surface area contributed by atoms with Gasteiger partial charge in [-0.15, -0.1) is 0 Å². The first-order valence-corrected chi connectivity index (χ1v) is 9.90. The molecule has 1 heterocycles. The van der Waals surface area contributed by atoms with E-state index in [4.69, 9.17) is 5.73 Å². The Balaban J connectivity index is 1.58. The fourth-order valence-electron chi connectivity index (χ4n) is 3.93. The van der Waals surface area contributed by atoms with Crippen LogP contribution < -0.4 is 5.73 Å². The van der Waals surface area contributed by atoms with Crippen LogP contribution in [0.2, 0.25) is 0 Å². The number of nitrogens with zero attached hydrogens (tertiary/aromatic N) is 2. The van der Waals surface area contributed by atoms with Crippen molar-refractivity contribution in [3.8, 4) is 0 Å². The zero-order valence-corrected chi connectivity index (χ0v) is 16.5. The molecule has 28 heavy (non-hydrogen) atoms. The summed E-state index contributed by atoms with van der Waals surface area (Å²) in [7, 11) is 0. The monoisotopic (exact) mass is 379 g/mol. The van der Waals surface area contributed by atoms with E-state index in [0.29, 0.717) is 39.1 Å².